The molecule has 2 aliphatic heterocycles. The van der Waals surface area contributed by atoms with Gasteiger partial charge in [0.05, 0.1) is 11.7 Å². The maximum Gasteiger partial charge on any atom is 0.259 e. The number of likely N-dealkylation sites (tertiary alicyclic amines) is 1. The molecule has 1 aromatic rings. The number of aromatic nitrogens is 1. The third-order valence-electron chi connectivity index (χ3n) is 5.23. The maximum atomic E-state index is 12.9. The summed E-state index contributed by atoms with van der Waals surface area (Å²) in [5.41, 5.74) is 1.34. The predicted molar refractivity (Wildman–Crippen MR) is 101 cm³/mol. The fourth-order valence-corrected chi connectivity index (χ4v) is 3.78. The third kappa shape index (κ3) is 4.57. The highest BCUT2D eigenvalue weighted by molar-refractivity contribution is 5.96. The molecule has 2 aliphatic rings. The van der Waals surface area contributed by atoms with Crippen LogP contribution in [0.1, 0.15) is 54.4 Å². The molecule has 26 heavy (non-hydrogen) atoms. The van der Waals surface area contributed by atoms with Crippen LogP contribution < -0.4 is 10.6 Å². The lowest BCUT2D eigenvalue weighted by Crippen LogP contribution is -2.46. The van der Waals surface area contributed by atoms with Crippen LogP contribution >= 0.6 is 12.4 Å². The largest absolute Gasteiger partial charge is 0.361 e. The van der Waals surface area contributed by atoms with Crippen molar-refractivity contribution in [1.29, 1.82) is 0 Å². The van der Waals surface area contributed by atoms with Gasteiger partial charge in [-0.2, -0.15) is 0 Å². The molecule has 2 unspecified atom stereocenters. The molecule has 0 spiro atoms. The van der Waals surface area contributed by atoms with Crippen molar-refractivity contribution >= 4 is 24.2 Å². The lowest BCUT2D eigenvalue weighted by molar-refractivity contribution is -0.123. The van der Waals surface area contributed by atoms with Gasteiger partial charge in [-0.25, -0.2) is 0 Å². The Morgan fingerprint density at radius 3 is 2.85 bits per heavy atom. The predicted octanol–water partition coefficient (Wildman–Crippen LogP) is 1.69. The van der Waals surface area contributed by atoms with Gasteiger partial charge in [-0.3, -0.25) is 9.59 Å². The number of piperidine rings is 1. The number of carbonyl (C=O) groups excluding carboxylic acids is 2. The standard InChI is InChI=1S/C18H28N4O3.ClH/c1-3-14-16(12(2)25-21-14)18(24)22-9-5-6-13(11-22)10-20-17(23)15-7-4-8-19-15;/h13,15,19H,3-11H2,1-2H3,(H,20,23);1H. The second-order valence-corrected chi connectivity index (χ2v) is 7.07. The van der Waals surface area contributed by atoms with E-state index >= 15 is 0 Å². The topological polar surface area (TPSA) is 87.5 Å². The molecule has 3 rings (SSSR count). The summed E-state index contributed by atoms with van der Waals surface area (Å²) in [6.07, 6.45) is 4.64. The number of amides is 2. The monoisotopic (exact) mass is 384 g/mol. The van der Waals surface area contributed by atoms with Crippen molar-refractivity contribution in [3.05, 3.63) is 17.0 Å². The average Bonchev–Trinajstić information content (AvgIpc) is 3.29. The Morgan fingerprint density at radius 1 is 1.35 bits per heavy atom. The molecule has 146 valence electrons. The van der Waals surface area contributed by atoms with Crippen LogP contribution in [-0.4, -0.2) is 54.1 Å². The van der Waals surface area contributed by atoms with Crippen LogP contribution in [0.15, 0.2) is 4.52 Å². The van der Waals surface area contributed by atoms with E-state index in [1.807, 2.05) is 11.8 Å². The fourth-order valence-electron chi connectivity index (χ4n) is 3.78. The molecule has 2 fully saturated rings. The Morgan fingerprint density at radius 2 is 2.15 bits per heavy atom. The third-order valence-corrected chi connectivity index (χ3v) is 5.23. The zero-order valence-electron chi connectivity index (χ0n) is 15.5. The normalized spacial score (nSPS) is 22.8. The first-order chi connectivity index (χ1) is 12.1. The smallest absolute Gasteiger partial charge is 0.259 e. The summed E-state index contributed by atoms with van der Waals surface area (Å²) in [5, 5.41) is 10.3. The van der Waals surface area contributed by atoms with Crippen molar-refractivity contribution in [3.8, 4) is 0 Å². The zero-order chi connectivity index (χ0) is 17.8. The summed E-state index contributed by atoms with van der Waals surface area (Å²) in [5.74, 6) is 0.978. The number of carbonyl (C=O) groups is 2. The van der Waals surface area contributed by atoms with E-state index in [0.717, 1.165) is 44.5 Å². The molecule has 2 N–H and O–H groups in total. The quantitative estimate of drug-likeness (QED) is 0.806. The number of rotatable bonds is 5. The van der Waals surface area contributed by atoms with Crippen LogP contribution in [0, 0.1) is 12.8 Å². The van der Waals surface area contributed by atoms with Crippen molar-refractivity contribution in [1.82, 2.24) is 20.7 Å². The lowest BCUT2D eigenvalue weighted by atomic mass is 9.96. The molecule has 0 saturated carbocycles. The first-order valence-corrected chi connectivity index (χ1v) is 9.35. The minimum absolute atomic E-state index is 0. The number of hydrogen-bond donors (Lipinski definition) is 2. The van der Waals surface area contributed by atoms with Gasteiger partial charge >= 0.3 is 0 Å². The molecule has 8 heteroatoms. The summed E-state index contributed by atoms with van der Waals surface area (Å²) in [6, 6.07) is -0.0481. The summed E-state index contributed by atoms with van der Waals surface area (Å²) in [4.78, 5) is 26.9. The molecule has 7 nitrogen and oxygen atoms in total. The fraction of sp³-hybridized carbons (Fsp3) is 0.722. The van der Waals surface area contributed by atoms with Gasteiger partial charge in [-0.1, -0.05) is 12.1 Å². The van der Waals surface area contributed by atoms with E-state index in [9.17, 15) is 9.59 Å². The number of aryl methyl sites for hydroxylation is 2. The first-order valence-electron chi connectivity index (χ1n) is 9.35. The maximum absolute atomic E-state index is 12.9. The molecular formula is C18H29ClN4O3. The number of nitrogens with one attached hydrogen (secondary N) is 2. The van der Waals surface area contributed by atoms with Gasteiger partial charge in [-0.05, 0) is 51.5 Å². The van der Waals surface area contributed by atoms with Crippen LogP contribution in [-0.2, 0) is 11.2 Å². The van der Waals surface area contributed by atoms with Gasteiger partial charge in [-0.15, -0.1) is 12.4 Å². The van der Waals surface area contributed by atoms with Crippen molar-refractivity contribution in [2.45, 2.75) is 52.0 Å². The molecule has 2 saturated heterocycles. The molecule has 0 aromatic carbocycles. The van der Waals surface area contributed by atoms with Gasteiger partial charge in [0.15, 0.2) is 0 Å². The summed E-state index contributed by atoms with van der Waals surface area (Å²) >= 11 is 0. The van der Waals surface area contributed by atoms with Crippen molar-refractivity contribution < 1.29 is 14.1 Å². The van der Waals surface area contributed by atoms with Crippen LogP contribution in [0.5, 0.6) is 0 Å². The van der Waals surface area contributed by atoms with E-state index in [1.54, 1.807) is 6.92 Å². The van der Waals surface area contributed by atoms with E-state index < -0.39 is 0 Å². The van der Waals surface area contributed by atoms with Gasteiger partial charge in [0, 0.05) is 19.6 Å². The molecule has 0 bridgehead atoms. The Kier molecular flexibility index (Phi) is 7.46. The van der Waals surface area contributed by atoms with Gasteiger partial charge < -0.3 is 20.1 Å². The Labute approximate surface area is 160 Å². The van der Waals surface area contributed by atoms with Crippen molar-refractivity contribution in [3.63, 3.8) is 0 Å². The second kappa shape index (κ2) is 9.37. The van der Waals surface area contributed by atoms with Crippen LogP contribution in [0.4, 0.5) is 0 Å². The molecular weight excluding hydrogens is 356 g/mol. The van der Waals surface area contributed by atoms with E-state index in [2.05, 4.69) is 15.8 Å². The minimum atomic E-state index is -0.0481. The van der Waals surface area contributed by atoms with Gasteiger partial charge in [0.2, 0.25) is 5.91 Å². The Balaban J connectivity index is 0.00000243. The molecule has 2 amide bonds. The Bertz CT molecular complexity index is 628. The Hall–Kier alpha value is -1.60. The van der Waals surface area contributed by atoms with Crippen LogP contribution in [0.2, 0.25) is 0 Å². The zero-order valence-corrected chi connectivity index (χ0v) is 16.4. The molecule has 3 heterocycles. The van der Waals surface area contributed by atoms with Crippen molar-refractivity contribution in [2.24, 2.45) is 5.92 Å². The highest BCUT2D eigenvalue weighted by Gasteiger charge is 2.29. The van der Waals surface area contributed by atoms with Crippen LogP contribution in [0.3, 0.4) is 0 Å². The second-order valence-electron chi connectivity index (χ2n) is 7.07. The van der Waals surface area contributed by atoms with E-state index in [-0.39, 0.29) is 30.3 Å². The van der Waals surface area contributed by atoms with E-state index in [4.69, 9.17) is 4.52 Å². The minimum Gasteiger partial charge on any atom is -0.361 e. The number of halogens is 1. The SMILES string of the molecule is CCc1noc(C)c1C(=O)N1CCCC(CNC(=O)C2CCCN2)C1.Cl. The molecule has 0 radical (unpaired) electrons. The molecule has 0 aliphatic carbocycles. The number of nitrogens with zero attached hydrogens (tertiary/aromatic N) is 2. The number of hydrogen-bond acceptors (Lipinski definition) is 5. The first kappa shape index (κ1) is 20.7. The van der Waals surface area contributed by atoms with Gasteiger partial charge in [0.25, 0.3) is 5.91 Å². The van der Waals surface area contributed by atoms with Gasteiger partial charge in [0.1, 0.15) is 11.3 Å². The highest BCUT2D eigenvalue weighted by atomic mass is 35.5. The van der Waals surface area contributed by atoms with E-state index in [0.29, 0.717) is 36.8 Å². The molecule has 2 atom stereocenters. The highest BCUT2D eigenvalue weighted by Crippen LogP contribution is 2.22. The van der Waals surface area contributed by atoms with Crippen LogP contribution in [0.25, 0.3) is 0 Å². The average molecular weight is 385 g/mol. The summed E-state index contributed by atoms with van der Waals surface area (Å²) in [7, 11) is 0. The van der Waals surface area contributed by atoms with Crippen molar-refractivity contribution in [2.75, 3.05) is 26.2 Å². The summed E-state index contributed by atoms with van der Waals surface area (Å²) in [6.45, 7) is 6.73. The summed E-state index contributed by atoms with van der Waals surface area (Å²) < 4.78 is 5.20. The van der Waals surface area contributed by atoms with E-state index in [1.165, 1.54) is 0 Å². The lowest BCUT2D eigenvalue weighted by Gasteiger charge is -2.33. The molecule has 1 aromatic heterocycles.